The maximum absolute atomic E-state index is 14.4. The standard InChI is InChI=1S/C29H29ClF3N3O3/c1-18(37)35(25-14-9-19(27(38)39)17-23(25)29(31,32)33)28(15-5-2-6-16-28)26-22-7-3-4-8-24(22)34-36(26)21-12-10-20(30)11-13-21/h9-14,17H,2-8,15-16H2,1H3,(H,38,39). The number of aryl methyl sites for hydroxylation is 1. The smallest absolute Gasteiger partial charge is 0.418 e. The molecule has 1 N–H and O–H groups in total. The van der Waals surface area contributed by atoms with Gasteiger partial charge in [0.1, 0.15) is 0 Å². The molecule has 0 atom stereocenters. The van der Waals surface area contributed by atoms with Crippen LogP contribution >= 0.6 is 11.6 Å². The molecule has 1 saturated carbocycles. The quantitative estimate of drug-likeness (QED) is 0.355. The van der Waals surface area contributed by atoms with Gasteiger partial charge in [-0.2, -0.15) is 18.3 Å². The first-order chi connectivity index (χ1) is 18.5. The first-order valence-electron chi connectivity index (χ1n) is 13.2. The zero-order chi connectivity index (χ0) is 27.9. The van der Waals surface area contributed by atoms with E-state index in [0.29, 0.717) is 23.9 Å². The zero-order valence-corrected chi connectivity index (χ0v) is 22.3. The van der Waals surface area contributed by atoms with Crippen LogP contribution in [0.5, 0.6) is 0 Å². The summed E-state index contributed by atoms with van der Waals surface area (Å²) in [6.45, 7) is 1.27. The molecule has 0 bridgehead atoms. The molecule has 3 aromatic rings. The van der Waals surface area contributed by atoms with Crippen LogP contribution in [0.2, 0.25) is 5.02 Å². The second-order valence-electron chi connectivity index (χ2n) is 10.4. The van der Waals surface area contributed by atoms with Gasteiger partial charge in [0.05, 0.1) is 39.4 Å². The number of carbonyl (C=O) groups excluding carboxylic acids is 1. The van der Waals surface area contributed by atoms with Crippen LogP contribution in [0.4, 0.5) is 18.9 Å². The number of hydrogen-bond acceptors (Lipinski definition) is 3. The van der Waals surface area contributed by atoms with Gasteiger partial charge in [0, 0.05) is 11.9 Å². The largest absolute Gasteiger partial charge is 0.478 e. The highest BCUT2D eigenvalue weighted by Crippen LogP contribution is 2.50. The first-order valence-corrected chi connectivity index (χ1v) is 13.5. The van der Waals surface area contributed by atoms with Crippen molar-refractivity contribution < 1.29 is 27.9 Å². The topological polar surface area (TPSA) is 75.4 Å². The molecule has 0 radical (unpaired) electrons. The van der Waals surface area contributed by atoms with Crippen molar-refractivity contribution in [2.75, 3.05) is 4.90 Å². The van der Waals surface area contributed by atoms with Gasteiger partial charge in [0.25, 0.3) is 0 Å². The second-order valence-corrected chi connectivity index (χ2v) is 10.8. The predicted octanol–water partition coefficient (Wildman–Crippen LogP) is 7.33. The number of carbonyl (C=O) groups is 2. The summed E-state index contributed by atoms with van der Waals surface area (Å²) in [6.07, 6.45) is 1.72. The molecule has 2 aromatic carbocycles. The highest BCUT2D eigenvalue weighted by Gasteiger charge is 2.49. The van der Waals surface area contributed by atoms with Gasteiger partial charge >= 0.3 is 12.1 Å². The van der Waals surface area contributed by atoms with E-state index in [9.17, 15) is 27.9 Å². The molecular formula is C29H29ClF3N3O3. The first kappa shape index (κ1) is 27.2. The summed E-state index contributed by atoms with van der Waals surface area (Å²) >= 11 is 6.15. The van der Waals surface area contributed by atoms with E-state index >= 15 is 0 Å². The van der Waals surface area contributed by atoms with Crippen LogP contribution in [0.1, 0.15) is 84.7 Å². The minimum absolute atomic E-state index is 0.338. The maximum atomic E-state index is 14.4. The summed E-state index contributed by atoms with van der Waals surface area (Å²) in [4.78, 5) is 26.3. The van der Waals surface area contributed by atoms with E-state index < -0.39 is 34.7 Å². The monoisotopic (exact) mass is 559 g/mol. The molecule has 2 aliphatic carbocycles. The average molecular weight is 560 g/mol. The van der Waals surface area contributed by atoms with Crippen molar-refractivity contribution in [3.05, 3.63) is 75.6 Å². The van der Waals surface area contributed by atoms with Crippen LogP contribution in [-0.4, -0.2) is 26.8 Å². The number of aromatic carboxylic acids is 1. The van der Waals surface area contributed by atoms with Gasteiger partial charge in [0.2, 0.25) is 5.91 Å². The molecule has 1 heterocycles. The van der Waals surface area contributed by atoms with Crippen LogP contribution in [0.25, 0.3) is 5.69 Å². The lowest BCUT2D eigenvalue weighted by molar-refractivity contribution is -0.137. The van der Waals surface area contributed by atoms with Gasteiger partial charge in [-0.25, -0.2) is 9.48 Å². The lowest BCUT2D eigenvalue weighted by atomic mass is 9.74. The number of anilines is 1. The van der Waals surface area contributed by atoms with Crippen molar-refractivity contribution in [3.8, 4) is 5.69 Å². The normalized spacial score (nSPS) is 16.9. The van der Waals surface area contributed by atoms with Gasteiger partial charge in [-0.05, 0) is 86.6 Å². The Morgan fingerprint density at radius 3 is 2.28 bits per heavy atom. The number of amides is 1. The average Bonchev–Trinajstić information content (AvgIpc) is 3.29. The third-order valence-electron chi connectivity index (χ3n) is 7.88. The highest BCUT2D eigenvalue weighted by atomic mass is 35.5. The summed E-state index contributed by atoms with van der Waals surface area (Å²) in [5, 5.41) is 14.9. The molecule has 5 rings (SSSR count). The van der Waals surface area contributed by atoms with E-state index in [-0.39, 0.29) is 5.69 Å². The number of nitrogens with zero attached hydrogens (tertiary/aromatic N) is 3. The number of carboxylic acids is 1. The molecule has 0 unspecified atom stereocenters. The van der Waals surface area contributed by atoms with Gasteiger partial charge in [-0.15, -0.1) is 0 Å². The third-order valence-corrected chi connectivity index (χ3v) is 8.13. The predicted molar refractivity (Wildman–Crippen MR) is 142 cm³/mol. The van der Waals surface area contributed by atoms with E-state index in [1.807, 2.05) is 12.1 Å². The number of carboxylic acid groups (broad SMARTS) is 1. The van der Waals surface area contributed by atoms with Crippen LogP contribution in [0.3, 0.4) is 0 Å². The summed E-state index contributed by atoms with van der Waals surface area (Å²) in [5.74, 6) is -2.01. The lowest BCUT2D eigenvalue weighted by Crippen LogP contribution is -2.52. The Hall–Kier alpha value is -3.33. The maximum Gasteiger partial charge on any atom is 0.418 e. The van der Waals surface area contributed by atoms with Crippen molar-refractivity contribution in [2.45, 2.75) is 76.4 Å². The molecule has 1 amide bonds. The summed E-state index contributed by atoms with van der Waals surface area (Å²) < 4.78 is 45.1. The summed E-state index contributed by atoms with van der Waals surface area (Å²) in [6, 6.07) is 10.00. The molecule has 1 aromatic heterocycles. The third kappa shape index (κ3) is 4.93. The molecule has 0 saturated heterocycles. The molecule has 39 heavy (non-hydrogen) atoms. The van der Waals surface area contributed by atoms with Crippen molar-refractivity contribution in [3.63, 3.8) is 0 Å². The van der Waals surface area contributed by atoms with E-state index in [2.05, 4.69) is 0 Å². The molecule has 0 aliphatic heterocycles. The fourth-order valence-electron chi connectivity index (χ4n) is 6.30. The van der Waals surface area contributed by atoms with Crippen molar-refractivity contribution in [1.29, 1.82) is 0 Å². The Bertz CT molecular complexity index is 1410. The number of alkyl halides is 3. The molecule has 0 spiro atoms. The Kier molecular flexibility index (Phi) is 7.22. The Balaban J connectivity index is 1.82. The minimum Gasteiger partial charge on any atom is -0.478 e. The minimum atomic E-state index is -4.87. The number of aromatic nitrogens is 2. The van der Waals surface area contributed by atoms with Crippen molar-refractivity contribution in [1.82, 2.24) is 9.78 Å². The highest BCUT2D eigenvalue weighted by molar-refractivity contribution is 6.30. The fraction of sp³-hybridized carbons (Fsp3) is 0.414. The Morgan fingerprint density at radius 1 is 1.00 bits per heavy atom. The Morgan fingerprint density at radius 2 is 1.67 bits per heavy atom. The number of halogens is 4. The van der Waals surface area contributed by atoms with Gasteiger partial charge in [0.15, 0.2) is 0 Å². The van der Waals surface area contributed by atoms with E-state index in [1.165, 1.54) is 11.8 Å². The van der Waals surface area contributed by atoms with Crippen LogP contribution in [-0.2, 0) is 29.4 Å². The van der Waals surface area contributed by atoms with Crippen LogP contribution in [0.15, 0.2) is 42.5 Å². The van der Waals surface area contributed by atoms with Crippen molar-refractivity contribution >= 4 is 29.2 Å². The van der Waals surface area contributed by atoms with E-state index in [0.717, 1.165) is 79.7 Å². The van der Waals surface area contributed by atoms with Gasteiger partial charge < -0.3 is 10.0 Å². The SMILES string of the molecule is CC(=O)N(c1ccc(C(=O)O)cc1C(F)(F)F)C1(c2c3c(nn2-c2ccc(Cl)cc2)CCCC3)CCCCC1. The number of hydrogen-bond donors (Lipinski definition) is 1. The van der Waals surface area contributed by atoms with E-state index in [4.69, 9.17) is 16.7 Å². The molecule has 10 heteroatoms. The van der Waals surface area contributed by atoms with Crippen molar-refractivity contribution in [2.24, 2.45) is 0 Å². The zero-order valence-electron chi connectivity index (χ0n) is 21.5. The number of rotatable bonds is 5. The number of benzene rings is 2. The molecule has 2 aliphatic rings. The van der Waals surface area contributed by atoms with Gasteiger partial charge in [-0.1, -0.05) is 30.9 Å². The second kappa shape index (κ2) is 10.3. The Labute approximate surface area is 229 Å². The molecule has 1 fully saturated rings. The summed E-state index contributed by atoms with van der Waals surface area (Å²) in [7, 11) is 0. The van der Waals surface area contributed by atoms with Crippen LogP contribution < -0.4 is 4.90 Å². The van der Waals surface area contributed by atoms with Crippen LogP contribution in [0, 0.1) is 0 Å². The molecular weight excluding hydrogens is 531 g/mol. The molecule has 6 nitrogen and oxygen atoms in total. The summed E-state index contributed by atoms with van der Waals surface area (Å²) in [5.41, 5.74) is 0.267. The lowest BCUT2D eigenvalue weighted by Gasteiger charge is -2.47. The van der Waals surface area contributed by atoms with E-state index in [1.54, 1.807) is 16.8 Å². The number of fused-ring (bicyclic) bond motifs is 1. The molecule has 206 valence electrons. The fourth-order valence-corrected chi connectivity index (χ4v) is 6.42. The van der Waals surface area contributed by atoms with Gasteiger partial charge in [-0.3, -0.25) is 4.79 Å².